The Balaban J connectivity index is 0.000000361. The first-order valence-electron chi connectivity index (χ1n) is 17.8. The number of aryl methyl sites for hydroxylation is 6. The Morgan fingerprint density at radius 2 is 1.44 bits per heavy atom. The summed E-state index contributed by atoms with van der Waals surface area (Å²) in [6.07, 6.45) is 2.76. The summed E-state index contributed by atoms with van der Waals surface area (Å²) in [5.41, 5.74) is 1.99. The van der Waals surface area contributed by atoms with Gasteiger partial charge in [0.05, 0.1) is 10.9 Å². The number of thioether (sulfide) groups is 1. The predicted octanol–water partition coefficient (Wildman–Crippen LogP) is -0.514. The molecule has 29 nitrogen and oxygen atoms in total. The minimum atomic E-state index is -0.400. The number of carbonyl (C=O) groups is 6. The van der Waals surface area contributed by atoms with E-state index in [2.05, 4.69) is 95.4 Å². The number of tetrazole rings is 1. The summed E-state index contributed by atoms with van der Waals surface area (Å²) >= 11 is 2.11. The number of aromatic nitrogens is 13. The summed E-state index contributed by atoms with van der Waals surface area (Å²) in [4.78, 5) is 106. The third-order valence-electron chi connectivity index (χ3n) is 6.46. The SMILES string of the molecule is CC1=CC(=O)NC1=O.CC1NC(=O)NC1=O.CC1SC(=O)NC1=O.Cc1cc(=O)[nH][nH]1.Cc1cc(=O)[nH]o1.Cc1cc(=O)o[nH]1.Cc1ncn[nH]1.Cc1nn[nH]n1.Cc1ns[nH]c1=O. The molecule has 7 amide bonds. The van der Waals surface area contributed by atoms with Crippen molar-refractivity contribution in [3.05, 3.63) is 112 Å². The molecule has 2 unspecified atom stereocenters. The number of rotatable bonds is 0. The van der Waals surface area contributed by atoms with Crippen molar-refractivity contribution < 1.29 is 37.8 Å². The molecule has 64 heavy (non-hydrogen) atoms. The summed E-state index contributed by atoms with van der Waals surface area (Å²) in [5.74, 6) is 1.12. The van der Waals surface area contributed by atoms with Gasteiger partial charge in [-0.2, -0.15) is 19.8 Å². The predicted molar refractivity (Wildman–Crippen MR) is 225 cm³/mol. The van der Waals surface area contributed by atoms with Gasteiger partial charge in [0, 0.05) is 47.3 Å². The number of nitrogens with one attached hydrogen (secondary N) is 11. The molecule has 3 aliphatic rings. The third kappa shape index (κ3) is 24.2. The van der Waals surface area contributed by atoms with E-state index in [4.69, 9.17) is 0 Å². The maximum Gasteiger partial charge on any atom is 0.357 e. The fourth-order valence-corrected chi connectivity index (χ4v) is 4.51. The molecule has 2 saturated heterocycles. The summed E-state index contributed by atoms with van der Waals surface area (Å²) in [6.45, 7) is 15.5. The molecule has 3 aliphatic heterocycles. The van der Waals surface area contributed by atoms with Crippen molar-refractivity contribution in [1.82, 2.24) is 86.3 Å². The third-order valence-corrected chi connectivity index (χ3v) is 7.98. The lowest BCUT2D eigenvalue weighted by molar-refractivity contribution is -0.124. The van der Waals surface area contributed by atoms with Gasteiger partial charge in [0.25, 0.3) is 33.7 Å². The van der Waals surface area contributed by atoms with Gasteiger partial charge >= 0.3 is 11.7 Å². The van der Waals surface area contributed by atoms with Gasteiger partial charge in [-0.15, -0.1) is 10.2 Å². The fourth-order valence-electron chi connectivity index (χ4n) is 3.37. The van der Waals surface area contributed by atoms with Crippen LogP contribution < -0.4 is 43.6 Å². The van der Waals surface area contributed by atoms with Crippen LogP contribution in [0.1, 0.15) is 55.3 Å². The molecule has 11 N–H and O–H groups in total. The average Bonchev–Trinajstić information content (AvgIpc) is 4.10. The van der Waals surface area contributed by atoms with Crippen molar-refractivity contribution >= 4 is 58.4 Å². The van der Waals surface area contributed by atoms with Crippen LogP contribution in [-0.2, 0) is 19.2 Å². The molecule has 2 fully saturated rings. The smallest absolute Gasteiger partial charge is 0.357 e. The molecule has 9 heterocycles. The lowest BCUT2D eigenvalue weighted by Gasteiger charge is -1.91. The Labute approximate surface area is 367 Å². The molecule has 0 radical (unpaired) electrons. The van der Waals surface area contributed by atoms with E-state index in [-0.39, 0.29) is 62.5 Å². The lowest BCUT2D eigenvalue weighted by atomic mass is 10.3. The Kier molecular flexibility index (Phi) is 24.0. The number of nitrogens with zero attached hydrogens (tertiary/aromatic N) is 6. The van der Waals surface area contributed by atoms with Crippen LogP contribution in [0.25, 0.3) is 0 Å². The Morgan fingerprint density at radius 3 is 1.58 bits per heavy atom. The van der Waals surface area contributed by atoms with Gasteiger partial charge in [0.1, 0.15) is 29.6 Å². The minimum absolute atomic E-state index is 0.0718. The summed E-state index contributed by atoms with van der Waals surface area (Å²) in [6, 6.07) is 3.52. The second-order valence-electron chi connectivity index (χ2n) is 12.2. The van der Waals surface area contributed by atoms with Gasteiger partial charge in [0.15, 0.2) is 5.82 Å². The maximum atomic E-state index is 10.4. The van der Waals surface area contributed by atoms with Crippen LogP contribution in [0.2, 0.25) is 0 Å². The molecule has 6 aromatic rings. The first kappa shape index (κ1) is 53.9. The zero-order valence-electron chi connectivity index (χ0n) is 35.4. The summed E-state index contributed by atoms with van der Waals surface area (Å²) in [5, 5.41) is 36.8. The molecule has 346 valence electrons. The van der Waals surface area contributed by atoms with Crippen LogP contribution in [0.3, 0.4) is 0 Å². The van der Waals surface area contributed by atoms with Crippen LogP contribution in [-0.4, -0.2) is 111 Å². The number of urea groups is 1. The molecule has 0 spiro atoms. The largest absolute Gasteiger partial charge is 0.384 e. The van der Waals surface area contributed by atoms with Crippen molar-refractivity contribution in [2.24, 2.45) is 0 Å². The highest BCUT2D eigenvalue weighted by Gasteiger charge is 2.26. The number of H-pyrrole nitrogens is 7. The van der Waals surface area contributed by atoms with Crippen molar-refractivity contribution in [3.63, 3.8) is 0 Å². The highest BCUT2D eigenvalue weighted by Crippen LogP contribution is 2.16. The van der Waals surface area contributed by atoms with E-state index in [1.54, 1.807) is 48.5 Å². The molecule has 9 rings (SSSR count). The molecule has 6 aromatic heterocycles. The number of hydrogen-bond acceptors (Lipinski definition) is 20. The maximum absolute atomic E-state index is 10.4. The summed E-state index contributed by atoms with van der Waals surface area (Å²) in [7, 11) is 0. The zero-order chi connectivity index (χ0) is 48.4. The quantitative estimate of drug-likeness (QED) is 0.0674. The van der Waals surface area contributed by atoms with Crippen molar-refractivity contribution in [2.75, 3.05) is 0 Å². The molecule has 31 heteroatoms. The Hall–Kier alpha value is -8.09. The van der Waals surface area contributed by atoms with Gasteiger partial charge in [-0.25, -0.2) is 19.7 Å². The highest BCUT2D eigenvalue weighted by molar-refractivity contribution is 8.15. The number of amides is 7. The number of carbonyl (C=O) groups excluding carboxylic acids is 6. The number of aromatic amines is 7. The minimum Gasteiger partial charge on any atom is -0.384 e. The van der Waals surface area contributed by atoms with Crippen molar-refractivity contribution in [3.8, 4) is 0 Å². The van der Waals surface area contributed by atoms with Gasteiger partial charge < -0.3 is 19.5 Å². The topological polar surface area (TPSA) is 433 Å². The van der Waals surface area contributed by atoms with Crippen LogP contribution in [0, 0.1) is 41.5 Å². The average molecular weight is 936 g/mol. The fraction of sp³-hybridized carbons (Fsp3) is 0.333. The second-order valence-corrected chi connectivity index (χ2v) is 14.1. The van der Waals surface area contributed by atoms with Crippen LogP contribution in [0.4, 0.5) is 9.59 Å². The van der Waals surface area contributed by atoms with E-state index in [1.165, 1.54) is 30.6 Å². The van der Waals surface area contributed by atoms with E-state index in [9.17, 15) is 47.9 Å². The lowest BCUT2D eigenvalue weighted by Crippen LogP contribution is -2.24. The second kappa shape index (κ2) is 28.4. The molecule has 2 atom stereocenters. The van der Waals surface area contributed by atoms with Gasteiger partial charge in [-0.3, -0.25) is 68.9 Å². The number of imide groups is 3. The van der Waals surface area contributed by atoms with E-state index in [1.807, 2.05) is 13.8 Å². The molecular weight excluding hydrogens is 891 g/mol. The molecule has 0 saturated carbocycles. The zero-order valence-corrected chi connectivity index (χ0v) is 37.1. The van der Waals surface area contributed by atoms with E-state index in [0.717, 1.165) is 40.7 Å². The highest BCUT2D eigenvalue weighted by atomic mass is 32.2. The van der Waals surface area contributed by atoms with Crippen LogP contribution in [0.15, 0.2) is 64.4 Å². The normalized spacial score (nSPS) is 15.0. The Morgan fingerprint density at radius 1 is 0.734 bits per heavy atom. The Bertz CT molecular complexity index is 2450. The van der Waals surface area contributed by atoms with Gasteiger partial charge in [-0.05, 0) is 62.3 Å². The van der Waals surface area contributed by atoms with Gasteiger partial charge in [0.2, 0.25) is 11.8 Å². The first-order valence-corrected chi connectivity index (χ1v) is 19.4. The van der Waals surface area contributed by atoms with Crippen molar-refractivity contribution in [2.45, 2.75) is 73.6 Å². The van der Waals surface area contributed by atoms with Crippen LogP contribution in [0.5, 0.6) is 0 Å². The molecule has 0 aromatic carbocycles. The van der Waals surface area contributed by atoms with Crippen molar-refractivity contribution in [1.29, 1.82) is 0 Å². The molecular formula is C33H45N17O12S2. The molecule has 0 bridgehead atoms. The molecule has 0 aliphatic carbocycles. The summed E-state index contributed by atoms with van der Waals surface area (Å²) < 4.78 is 14.9. The standard InChI is InChI=1S/C5H5NO2.C4H6N2O2.C4H6N2O.C4H5NO2S.2C4H5NO2.C3H5N3.C3H4N2OS.C2H4N4/c1-3-2-4(7)6-5(3)8;1-2-3(7)6-4(8)5-2;1-3-2-4(7)6-5-3;1-2-3(6)5-4(7)8-2;1-3-2-4(6)5-7-3;1-3-2-4(6)7-5-3;1-3-4-2-5-6-3;1-2-3(6)5-7-4-2;1-2-3-5-6-4-2/h2H,1H3,(H,6,7,8);2H,1H3,(H2,5,6,7,8);2H,1H3,(H2,5,6,7);2H,1H3,(H,5,6,7);2H,1H3,(H,5,6);2,5H,1H3;2H,1H3,(H,4,5,6);1H3,(H,5,6);1H3,(H,3,4,5,6). The number of hydrogen-bond donors (Lipinski definition) is 11. The van der Waals surface area contributed by atoms with E-state index >= 15 is 0 Å². The van der Waals surface area contributed by atoms with Crippen LogP contribution >= 0.6 is 23.5 Å². The monoisotopic (exact) mass is 935 g/mol. The van der Waals surface area contributed by atoms with E-state index in [0.29, 0.717) is 22.9 Å². The van der Waals surface area contributed by atoms with E-state index < -0.39 is 6.03 Å². The van der Waals surface area contributed by atoms with Gasteiger partial charge in [-0.1, -0.05) is 17.0 Å². The first-order chi connectivity index (χ1) is 30.1.